The standard InChI is InChI=1S/C23H39N5O.HI/c1-24-23(25-12-15-26(2)16-17-29-3)28-14-11-22-21(19-28)10-7-13-27(22)18-20-8-5-4-6-9-20;/h4-6,8-9,21-22H,7,10-19H2,1-3H3,(H,24,25);1H. The maximum Gasteiger partial charge on any atom is 0.193 e. The maximum atomic E-state index is 5.15. The van der Waals surface area contributed by atoms with E-state index in [1.54, 1.807) is 7.11 Å². The van der Waals surface area contributed by atoms with Crippen LogP contribution in [-0.2, 0) is 11.3 Å². The molecule has 2 aliphatic heterocycles. The Kier molecular flexibility index (Phi) is 11.4. The molecule has 0 aliphatic carbocycles. The molecule has 2 fully saturated rings. The van der Waals surface area contributed by atoms with Gasteiger partial charge in [-0.25, -0.2) is 0 Å². The lowest BCUT2D eigenvalue weighted by Crippen LogP contribution is -2.57. The zero-order valence-corrected chi connectivity index (χ0v) is 21.3. The molecule has 1 aromatic carbocycles. The van der Waals surface area contributed by atoms with Crippen LogP contribution in [0.5, 0.6) is 0 Å². The van der Waals surface area contributed by atoms with Gasteiger partial charge in [0, 0.05) is 59.5 Å². The first kappa shape index (κ1) is 25.4. The second-order valence-corrected chi connectivity index (χ2v) is 8.43. The Balaban J connectivity index is 0.00000320. The number of likely N-dealkylation sites (N-methyl/N-ethyl adjacent to an activating group) is 1. The fraction of sp³-hybridized carbons (Fsp3) is 0.696. The number of methoxy groups -OCH3 is 1. The summed E-state index contributed by atoms with van der Waals surface area (Å²) < 4.78 is 5.15. The molecular weight excluding hydrogens is 489 g/mol. The Morgan fingerprint density at radius 2 is 2.00 bits per heavy atom. The Morgan fingerprint density at radius 3 is 2.73 bits per heavy atom. The van der Waals surface area contributed by atoms with Crippen molar-refractivity contribution in [2.24, 2.45) is 10.9 Å². The molecule has 7 heteroatoms. The number of halogens is 1. The van der Waals surface area contributed by atoms with Gasteiger partial charge in [-0.3, -0.25) is 9.89 Å². The van der Waals surface area contributed by atoms with Crippen molar-refractivity contribution < 1.29 is 4.74 Å². The normalized spacial score (nSPS) is 22.5. The van der Waals surface area contributed by atoms with E-state index in [2.05, 4.69) is 62.4 Å². The van der Waals surface area contributed by atoms with Crippen LogP contribution in [0, 0.1) is 5.92 Å². The number of nitrogens with one attached hydrogen (secondary N) is 1. The van der Waals surface area contributed by atoms with E-state index < -0.39 is 0 Å². The second kappa shape index (κ2) is 13.5. The lowest BCUT2D eigenvalue weighted by Gasteiger charge is -2.48. The molecule has 0 aromatic heterocycles. The van der Waals surface area contributed by atoms with Crippen molar-refractivity contribution in [3.8, 4) is 0 Å². The lowest BCUT2D eigenvalue weighted by atomic mass is 9.83. The fourth-order valence-corrected chi connectivity index (χ4v) is 4.76. The molecule has 0 saturated carbocycles. The van der Waals surface area contributed by atoms with E-state index in [1.807, 2.05) is 7.05 Å². The van der Waals surface area contributed by atoms with Gasteiger partial charge in [0.15, 0.2) is 5.96 Å². The van der Waals surface area contributed by atoms with Crippen LogP contribution in [0.1, 0.15) is 24.8 Å². The Labute approximate surface area is 200 Å². The predicted octanol–water partition coefficient (Wildman–Crippen LogP) is 2.74. The van der Waals surface area contributed by atoms with E-state index >= 15 is 0 Å². The topological polar surface area (TPSA) is 43.3 Å². The van der Waals surface area contributed by atoms with Crippen LogP contribution in [0.2, 0.25) is 0 Å². The minimum atomic E-state index is 0. The molecule has 30 heavy (non-hydrogen) atoms. The highest BCUT2D eigenvalue weighted by molar-refractivity contribution is 14.0. The molecule has 2 atom stereocenters. The number of rotatable bonds is 8. The third kappa shape index (κ3) is 7.35. The van der Waals surface area contributed by atoms with Gasteiger partial charge in [0.05, 0.1) is 6.61 Å². The molecule has 2 heterocycles. The number of hydrogen-bond acceptors (Lipinski definition) is 4. The number of likely N-dealkylation sites (tertiary alicyclic amines) is 2. The van der Waals surface area contributed by atoms with Gasteiger partial charge in [0.1, 0.15) is 0 Å². The summed E-state index contributed by atoms with van der Waals surface area (Å²) in [6.07, 6.45) is 3.87. The number of aliphatic imine (C=N–C) groups is 1. The van der Waals surface area contributed by atoms with E-state index in [9.17, 15) is 0 Å². The van der Waals surface area contributed by atoms with Crippen molar-refractivity contribution in [3.63, 3.8) is 0 Å². The van der Waals surface area contributed by atoms with Crippen LogP contribution >= 0.6 is 24.0 Å². The van der Waals surface area contributed by atoms with Crippen LogP contribution in [0.25, 0.3) is 0 Å². The number of guanidine groups is 1. The third-order valence-corrected chi connectivity index (χ3v) is 6.38. The number of benzene rings is 1. The van der Waals surface area contributed by atoms with Crippen molar-refractivity contribution >= 4 is 29.9 Å². The highest BCUT2D eigenvalue weighted by atomic mass is 127. The largest absolute Gasteiger partial charge is 0.383 e. The summed E-state index contributed by atoms with van der Waals surface area (Å²) in [4.78, 5) is 12.1. The smallest absolute Gasteiger partial charge is 0.193 e. The Morgan fingerprint density at radius 1 is 1.20 bits per heavy atom. The van der Waals surface area contributed by atoms with Gasteiger partial charge in [-0.15, -0.1) is 24.0 Å². The van der Waals surface area contributed by atoms with E-state index in [-0.39, 0.29) is 24.0 Å². The number of piperidine rings is 2. The van der Waals surface area contributed by atoms with Crippen molar-refractivity contribution in [2.45, 2.75) is 31.8 Å². The van der Waals surface area contributed by atoms with Gasteiger partial charge in [-0.05, 0) is 44.3 Å². The summed E-state index contributed by atoms with van der Waals surface area (Å²) >= 11 is 0. The number of nitrogens with zero attached hydrogens (tertiary/aromatic N) is 4. The molecule has 2 saturated heterocycles. The lowest BCUT2D eigenvalue weighted by molar-refractivity contribution is 0.0372. The van der Waals surface area contributed by atoms with Crippen LogP contribution in [0.15, 0.2) is 35.3 Å². The first-order chi connectivity index (χ1) is 14.2. The molecule has 6 nitrogen and oxygen atoms in total. The summed E-state index contributed by atoms with van der Waals surface area (Å²) in [5, 5.41) is 3.57. The molecule has 2 unspecified atom stereocenters. The van der Waals surface area contributed by atoms with Crippen molar-refractivity contribution in [1.82, 2.24) is 20.0 Å². The highest BCUT2D eigenvalue weighted by Crippen LogP contribution is 2.31. The zero-order valence-electron chi connectivity index (χ0n) is 18.9. The Hall–Kier alpha value is -0.900. The maximum absolute atomic E-state index is 5.15. The first-order valence-corrected chi connectivity index (χ1v) is 11.1. The van der Waals surface area contributed by atoms with E-state index in [0.717, 1.165) is 57.8 Å². The van der Waals surface area contributed by atoms with Crippen LogP contribution in [-0.4, -0.2) is 93.8 Å². The Bertz CT molecular complexity index is 629. The minimum absolute atomic E-state index is 0. The molecule has 170 valence electrons. The van der Waals surface area contributed by atoms with Crippen LogP contribution in [0.3, 0.4) is 0 Å². The van der Waals surface area contributed by atoms with Gasteiger partial charge in [-0.2, -0.15) is 0 Å². The number of fused-ring (bicyclic) bond motifs is 1. The van der Waals surface area contributed by atoms with Gasteiger partial charge in [0.2, 0.25) is 0 Å². The zero-order chi connectivity index (χ0) is 20.5. The summed E-state index contributed by atoms with van der Waals surface area (Å²) in [6.45, 7) is 8.17. The quantitative estimate of drug-likeness (QED) is 0.319. The van der Waals surface area contributed by atoms with Gasteiger partial charge < -0.3 is 19.9 Å². The average Bonchev–Trinajstić information content (AvgIpc) is 2.76. The second-order valence-electron chi connectivity index (χ2n) is 8.43. The molecule has 0 spiro atoms. The van der Waals surface area contributed by atoms with Gasteiger partial charge in [-0.1, -0.05) is 30.3 Å². The van der Waals surface area contributed by atoms with Crippen molar-refractivity contribution in [2.75, 3.05) is 67.1 Å². The molecule has 0 amide bonds. The van der Waals surface area contributed by atoms with Crippen LogP contribution < -0.4 is 5.32 Å². The highest BCUT2D eigenvalue weighted by Gasteiger charge is 2.36. The molecule has 1 aromatic rings. The predicted molar refractivity (Wildman–Crippen MR) is 136 cm³/mol. The molecule has 1 N–H and O–H groups in total. The van der Waals surface area contributed by atoms with E-state index in [4.69, 9.17) is 4.74 Å². The van der Waals surface area contributed by atoms with Crippen molar-refractivity contribution in [1.29, 1.82) is 0 Å². The molecule has 2 aliphatic rings. The molecular formula is C23H40IN5O. The third-order valence-electron chi connectivity index (χ3n) is 6.38. The first-order valence-electron chi connectivity index (χ1n) is 11.1. The van der Waals surface area contributed by atoms with Crippen LogP contribution in [0.4, 0.5) is 0 Å². The monoisotopic (exact) mass is 529 g/mol. The fourth-order valence-electron chi connectivity index (χ4n) is 4.76. The number of ether oxygens (including phenoxy) is 1. The van der Waals surface area contributed by atoms with E-state index in [1.165, 1.54) is 31.4 Å². The van der Waals surface area contributed by atoms with Gasteiger partial charge >= 0.3 is 0 Å². The van der Waals surface area contributed by atoms with Crippen molar-refractivity contribution in [3.05, 3.63) is 35.9 Å². The van der Waals surface area contributed by atoms with E-state index in [0.29, 0.717) is 6.04 Å². The molecule has 3 rings (SSSR count). The SMILES string of the molecule is CN=C(NCCN(C)CCOC)N1CCC2C(CCCN2Cc2ccccc2)C1.I. The summed E-state index contributed by atoms with van der Waals surface area (Å²) in [5.41, 5.74) is 1.44. The summed E-state index contributed by atoms with van der Waals surface area (Å²) in [6, 6.07) is 11.6. The molecule has 0 bridgehead atoms. The number of hydrogen-bond donors (Lipinski definition) is 1. The summed E-state index contributed by atoms with van der Waals surface area (Å²) in [5.74, 6) is 1.80. The molecule has 0 radical (unpaired) electrons. The van der Waals surface area contributed by atoms with Gasteiger partial charge in [0.25, 0.3) is 0 Å². The minimum Gasteiger partial charge on any atom is -0.383 e. The summed E-state index contributed by atoms with van der Waals surface area (Å²) in [7, 11) is 5.80. The average molecular weight is 530 g/mol.